The van der Waals surface area contributed by atoms with Crippen molar-refractivity contribution in [1.82, 2.24) is 14.8 Å². The lowest BCUT2D eigenvalue weighted by molar-refractivity contribution is -0.131. The molecule has 1 heterocycles. The summed E-state index contributed by atoms with van der Waals surface area (Å²) in [4.78, 5) is 31.9. The SMILES string of the molecule is COc1cccc(CN(C)C(=O)CN(C)CC(=O)Nc2ccc(Br)cn2)c1. The Labute approximate surface area is 167 Å². The lowest BCUT2D eigenvalue weighted by Crippen LogP contribution is -2.39. The van der Waals surface area contributed by atoms with Gasteiger partial charge in [-0.2, -0.15) is 0 Å². The third-order valence-corrected chi connectivity index (χ3v) is 4.26. The van der Waals surface area contributed by atoms with Crippen molar-refractivity contribution in [2.45, 2.75) is 6.54 Å². The smallest absolute Gasteiger partial charge is 0.239 e. The lowest BCUT2D eigenvalue weighted by Gasteiger charge is -2.22. The summed E-state index contributed by atoms with van der Waals surface area (Å²) in [6.45, 7) is 0.705. The molecule has 1 aromatic carbocycles. The molecule has 0 aliphatic rings. The normalized spacial score (nSPS) is 10.6. The van der Waals surface area contributed by atoms with Crippen molar-refractivity contribution in [3.8, 4) is 5.75 Å². The number of hydrogen-bond acceptors (Lipinski definition) is 5. The van der Waals surface area contributed by atoms with Gasteiger partial charge in [-0.05, 0) is 52.8 Å². The van der Waals surface area contributed by atoms with Gasteiger partial charge in [-0.3, -0.25) is 14.5 Å². The van der Waals surface area contributed by atoms with Gasteiger partial charge in [0.15, 0.2) is 0 Å². The molecule has 7 nitrogen and oxygen atoms in total. The zero-order chi connectivity index (χ0) is 19.8. The monoisotopic (exact) mass is 434 g/mol. The number of carbonyl (C=O) groups is 2. The van der Waals surface area contributed by atoms with Crippen LogP contribution >= 0.6 is 15.9 Å². The standard InChI is InChI=1S/C19H23BrN4O3/c1-23(12-18(25)22-17-8-7-15(20)10-21-17)13-19(26)24(2)11-14-5-4-6-16(9-14)27-3/h4-10H,11-13H2,1-3H3,(H,21,22,25). The molecule has 0 aliphatic heterocycles. The molecule has 0 unspecified atom stereocenters. The summed E-state index contributed by atoms with van der Waals surface area (Å²) in [5.41, 5.74) is 0.979. The number of hydrogen-bond donors (Lipinski definition) is 1. The van der Waals surface area contributed by atoms with Crippen LogP contribution < -0.4 is 10.1 Å². The van der Waals surface area contributed by atoms with Crippen molar-refractivity contribution < 1.29 is 14.3 Å². The van der Waals surface area contributed by atoms with E-state index in [2.05, 4.69) is 26.2 Å². The van der Waals surface area contributed by atoms with Crippen LogP contribution in [0.4, 0.5) is 5.82 Å². The van der Waals surface area contributed by atoms with Crippen LogP contribution in [0.15, 0.2) is 47.1 Å². The van der Waals surface area contributed by atoms with Crippen LogP contribution in [0, 0.1) is 0 Å². The Bertz CT molecular complexity index is 783. The predicted octanol–water partition coefficient (Wildman–Crippen LogP) is 2.38. The van der Waals surface area contributed by atoms with Gasteiger partial charge in [-0.1, -0.05) is 12.1 Å². The third kappa shape index (κ3) is 6.99. The number of halogens is 1. The number of pyridine rings is 1. The molecule has 27 heavy (non-hydrogen) atoms. The summed E-state index contributed by atoms with van der Waals surface area (Å²) in [5, 5.41) is 2.70. The number of carbonyl (C=O) groups excluding carboxylic acids is 2. The zero-order valence-corrected chi connectivity index (χ0v) is 17.2. The molecule has 1 N–H and O–H groups in total. The van der Waals surface area contributed by atoms with Gasteiger partial charge in [0.1, 0.15) is 11.6 Å². The minimum Gasteiger partial charge on any atom is -0.497 e. The predicted molar refractivity (Wildman–Crippen MR) is 108 cm³/mol. The van der Waals surface area contributed by atoms with Gasteiger partial charge in [-0.15, -0.1) is 0 Å². The number of nitrogens with one attached hydrogen (secondary N) is 1. The maximum Gasteiger partial charge on any atom is 0.239 e. The number of methoxy groups -OCH3 is 1. The molecule has 0 bridgehead atoms. The van der Waals surface area contributed by atoms with Crippen LogP contribution in [0.1, 0.15) is 5.56 Å². The first-order chi connectivity index (χ1) is 12.9. The summed E-state index contributed by atoms with van der Waals surface area (Å²) in [7, 11) is 5.07. The number of anilines is 1. The lowest BCUT2D eigenvalue weighted by atomic mass is 10.2. The van der Waals surface area contributed by atoms with Crippen LogP contribution in [-0.2, 0) is 16.1 Å². The van der Waals surface area contributed by atoms with E-state index in [1.807, 2.05) is 24.3 Å². The molecular weight excluding hydrogens is 412 g/mol. The molecule has 8 heteroatoms. The van der Waals surface area contributed by atoms with E-state index in [4.69, 9.17) is 4.74 Å². The first-order valence-electron chi connectivity index (χ1n) is 8.34. The number of rotatable bonds is 8. The molecular formula is C19H23BrN4O3. The Morgan fingerprint density at radius 2 is 1.96 bits per heavy atom. The van der Waals surface area contributed by atoms with Crippen molar-refractivity contribution >= 4 is 33.6 Å². The van der Waals surface area contributed by atoms with Crippen LogP contribution in [0.5, 0.6) is 5.75 Å². The quantitative estimate of drug-likeness (QED) is 0.690. The van der Waals surface area contributed by atoms with Crippen LogP contribution in [0.2, 0.25) is 0 Å². The van der Waals surface area contributed by atoms with E-state index < -0.39 is 0 Å². The summed E-state index contributed by atoms with van der Waals surface area (Å²) in [6, 6.07) is 11.1. The van der Waals surface area contributed by atoms with E-state index in [-0.39, 0.29) is 24.9 Å². The van der Waals surface area contributed by atoms with Gasteiger partial charge < -0.3 is 15.0 Å². The van der Waals surface area contributed by atoms with E-state index in [0.29, 0.717) is 12.4 Å². The second kappa shape index (κ2) is 10.0. The van der Waals surface area contributed by atoms with Crippen molar-refractivity contribution in [3.63, 3.8) is 0 Å². The number of nitrogens with zero attached hydrogens (tertiary/aromatic N) is 3. The summed E-state index contributed by atoms with van der Waals surface area (Å²) < 4.78 is 6.03. The molecule has 0 saturated heterocycles. The average Bonchev–Trinajstić information content (AvgIpc) is 2.63. The van der Waals surface area contributed by atoms with Crippen molar-refractivity contribution in [3.05, 3.63) is 52.6 Å². The third-order valence-electron chi connectivity index (χ3n) is 3.79. The minimum atomic E-state index is -0.226. The van der Waals surface area contributed by atoms with Crippen LogP contribution in [0.25, 0.3) is 0 Å². The Morgan fingerprint density at radius 1 is 1.19 bits per heavy atom. The van der Waals surface area contributed by atoms with Gasteiger partial charge in [0.05, 0.1) is 20.2 Å². The first-order valence-corrected chi connectivity index (χ1v) is 9.13. The molecule has 1 aromatic heterocycles. The second-order valence-corrected chi connectivity index (χ2v) is 7.10. The number of aromatic nitrogens is 1. The fourth-order valence-electron chi connectivity index (χ4n) is 2.42. The maximum atomic E-state index is 12.4. The Morgan fingerprint density at radius 3 is 2.63 bits per heavy atom. The number of amides is 2. The molecule has 0 fully saturated rings. The van der Waals surface area contributed by atoms with E-state index in [1.165, 1.54) is 0 Å². The highest BCUT2D eigenvalue weighted by Crippen LogP contribution is 2.14. The highest BCUT2D eigenvalue weighted by molar-refractivity contribution is 9.10. The Hall–Kier alpha value is -2.45. The molecule has 2 rings (SSSR count). The summed E-state index contributed by atoms with van der Waals surface area (Å²) >= 11 is 3.29. The second-order valence-electron chi connectivity index (χ2n) is 6.18. The Kier molecular flexibility index (Phi) is 7.75. The summed E-state index contributed by atoms with van der Waals surface area (Å²) in [6.07, 6.45) is 1.61. The van der Waals surface area contributed by atoms with Gasteiger partial charge in [0.2, 0.25) is 11.8 Å². The molecule has 0 radical (unpaired) electrons. The molecule has 2 amide bonds. The molecule has 144 valence electrons. The molecule has 0 atom stereocenters. The van der Waals surface area contributed by atoms with Crippen LogP contribution in [0.3, 0.4) is 0 Å². The number of benzene rings is 1. The fraction of sp³-hybridized carbons (Fsp3) is 0.316. The molecule has 0 aliphatic carbocycles. The average molecular weight is 435 g/mol. The number of likely N-dealkylation sites (N-methyl/N-ethyl adjacent to an activating group) is 2. The summed E-state index contributed by atoms with van der Waals surface area (Å²) in [5.74, 6) is 0.923. The van der Waals surface area contributed by atoms with Crippen molar-refractivity contribution in [2.24, 2.45) is 0 Å². The van der Waals surface area contributed by atoms with Crippen molar-refractivity contribution in [1.29, 1.82) is 0 Å². The van der Waals surface area contributed by atoms with Gasteiger partial charge in [0, 0.05) is 24.3 Å². The van der Waals surface area contributed by atoms with Crippen LogP contribution in [-0.4, -0.2) is 60.9 Å². The minimum absolute atomic E-state index is 0.0742. The van der Waals surface area contributed by atoms with E-state index in [0.717, 1.165) is 15.8 Å². The molecule has 2 aromatic rings. The fourth-order valence-corrected chi connectivity index (χ4v) is 2.65. The zero-order valence-electron chi connectivity index (χ0n) is 15.6. The number of ether oxygens (including phenoxy) is 1. The Balaban J connectivity index is 1.81. The topological polar surface area (TPSA) is 74.8 Å². The highest BCUT2D eigenvalue weighted by atomic mass is 79.9. The molecule has 0 spiro atoms. The van der Waals surface area contributed by atoms with E-state index >= 15 is 0 Å². The van der Waals surface area contributed by atoms with E-state index in [9.17, 15) is 9.59 Å². The van der Waals surface area contributed by atoms with E-state index in [1.54, 1.807) is 49.3 Å². The van der Waals surface area contributed by atoms with Gasteiger partial charge in [-0.25, -0.2) is 4.98 Å². The highest BCUT2D eigenvalue weighted by Gasteiger charge is 2.15. The maximum absolute atomic E-state index is 12.4. The van der Waals surface area contributed by atoms with Crippen molar-refractivity contribution in [2.75, 3.05) is 39.6 Å². The molecule has 0 saturated carbocycles. The first kappa shape index (κ1) is 20.9. The van der Waals surface area contributed by atoms with Gasteiger partial charge >= 0.3 is 0 Å². The largest absolute Gasteiger partial charge is 0.497 e. The van der Waals surface area contributed by atoms with Gasteiger partial charge in [0.25, 0.3) is 0 Å².